The fraction of sp³-hybridized carbons (Fsp3) is 0.154. The van der Waals surface area contributed by atoms with Gasteiger partial charge in [0.25, 0.3) is 0 Å². The Labute approximate surface area is 93.5 Å². The van der Waals surface area contributed by atoms with Crippen molar-refractivity contribution in [3.8, 4) is 0 Å². The number of aromatic carboxylic acids is 1. The van der Waals surface area contributed by atoms with Crippen LogP contribution < -0.4 is 5.73 Å². The van der Waals surface area contributed by atoms with Crippen LogP contribution in [-0.2, 0) is 0 Å². The van der Waals surface area contributed by atoms with E-state index in [1.54, 1.807) is 12.1 Å². The summed E-state index contributed by atoms with van der Waals surface area (Å²) in [5.74, 6) is -0.910. The molecule has 3 N–H and O–H groups in total. The van der Waals surface area contributed by atoms with Crippen LogP contribution in [0.5, 0.6) is 0 Å². The molecule has 0 fully saturated rings. The maximum atomic E-state index is 11.1. The van der Waals surface area contributed by atoms with E-state index in [1.807, 2.05) is 31.2 Å². The van der Waals surface area contributed by atoms with Gasteiger partial charge in [0.1, 0.15) is 0 Å². The average Bonchev–Trinajstić information content (AvgIpc) is 2.27. The zero-order chi connectivity index (χ0) is 11.7. The third-order valence-corrected chi connectivity index (χ3v) is 2.68. The first-order valence-corrected chi connectivity index (χ1v) is 5.12. The van der Waals surface area contributed by atoms with Crippen molar-refractivity contribution in [2.24, 2.45) is 5.73 Å². The summed E-state index contributed by atoms with van der Waals surface area (Å²) in [7, 11) is 0. The van der Waals surface area contributed by atoms with Crippen LogP contribution in [0, 0.1) is 0 Å². The van der Waals surface area contributed by atoms with Crippen LogP contribution in [-0.4, -0.2) is 11.1 Å². The van der Waals surface area contributed by atoms with Crippen molar-refractivity contribution in [1.29, 1.82) is 0 Å². The largest absolute Gasteiger partial charge is 0.478 e. The van der Waals surface area contributed by atoms with Gasteiger partial charge in [0.2, 0.25) is 0 Å². The molecule has 0 heterocycles. The molecule has 0 aromatic heterocycles. The average molecular weight is 215 g/mol. The molecule has 1 atom stereocenters. The summed E-state index contributed by atoms with van der Waals surface area (Å²) in [4.78, 5) is 11.1. The molecular formula is C13H13NO2. The minimum atomic E-state index is -0.910. The van der Waals surface area contributed by atoms with Crippen molar-refractivity contribution in [3.05, 3.63) is 47.5 Å². The van der Waals surface area contributed by atoms with Gasteiger partial charge in [-0.15, -0.1) is 0 Å². The standard InChI is InChI=1S/C13H13NO2/c1-8(14)9-6-7-12(13(15)16)11-5-3-2-4-10(9)11/h2-8H,14H2,1H3,(H,15,16). The Hall–Kier alpha value is -1.87. The highest BCUT2D eigenvalue weighted by Gasteiger charge is 2.12. The molecule has 0 radical (unpaired) electrons. The van der Waals surface area contributed by atoms with E-state index in [1.165, 1.54) is 0 Å². The summed E-state index contributed by atoms with van der Waals surface area (Å²) in [6, 6.07) is 10.7. The fourth-order valence-corrected chi connectivity index (χ4v) is 1.91. The van der Waals surface area contributed by atoms with E-state index in [9.17, 15) is 4.79 Å². The van der Waals surface area contributed by atoms with Gasteiger partial charge < -0.3 is 10.8 Å². The van der Waals surface area contributed by atoms with Crippen molar-refractivity contribution in [1.82, 2.24) is 0 Å². The lowest BCUT2D eigenvalue weighted by Gasteiger charge is -2.11. The molecule has 0 aliphatic carbocycles. The zero-order valence-corrected chi connectivity index (χ0v) is 8.97. The van der Waals surface area contributed by atoms with E-state index < -0.39 is 5.97 Å². The van der Waals surface area contributed by atoms with Gasteiger partial charge in [-0.05, 0) is 29.3 Å². The summed E-state index contributed by atoms with van der Waals surface area (Å²) < 4.78 is 0. The van der Waals surface area contributed by atoms with Gasteiger partial charge >= 0.3 is 5.97 Å². The van der Waals surface area contributed by atoms with Crippen LogP contribution in [0.15, 0.2) is 36.4 Å². The molecule has 0 aliphatic heterocycles. The molecular weight excluding hydrogens is 202 g/mol. The molecule has 0 aliphatic rings. The van der Waals surface area contributed by atoms with Crippen molar-refractivity contribution < 1.29 is 9.90 Å². The number of rotatable bonds is 2. The molecule has 0 bridgehead atoms. The smallest absolute Gasteiger partial charge is 0.336 e. The molecule has 2 aromatic carbocycles. The lowest BCUT2D eigenvalue weighted by Crippen LogP contribution is -2.07. The lowest BCUT2D eigenvalue weighted by atomic mass is 9.96. The second kappa shape index (κ2) is 3.94. The third kappa shape index (κ3) is 1.66. The second-order valence-electron chi connectivity index (χ2n) is 3.84. The van der Waals surface area contributed by atoms with Gasteiger partial charge in [0.05, 0.1) is 5.56 Å². The first-order chi connectivity index (χ1) is 7.61. The Bertz CT molecular complexity index is 547. The van der Waals surface area contributed by atoms with E-state index in [4.69, 9.17) is 10.8 Å². The van der Waals surface area contributed by atoms with Crippen molar-refractivity contribution in [2.75, 3.05) is 0 Å². The summed E-state index contributed by atoms with van der Waals surface area (Å²) >= 11 is 0. The number of hydrogen-bond donors (Lipinski definition) is 2. The quantitative estimate of drug-likeness (QED) is 0.809. The molecule has 1 unspecified atom stereocenters. The topological polar surface area (TPSA) is 63.3 Å². The van der Waals surface area contributed by atoms with Gasteiger partial charge in [0, 0.05) is 6.04 Å². The molecule has 82 valence electrons. The van der Waals surface area contributed by atoms with E-state index in [-0.39, 0.29) is 6.04 Å². The number of carbonyl (C=O) groups is 1. The summed E-state index contributed by atoms with van der Waals surface area (Å²) in [5, 5.41) is 10.7. The number of benzene rings is 2. The highest BCUT2D eigenvalue weighted by Crippen LogP contribution is 2.26. The Morgan fingerprint density at radius 2 is 1.81 bits per heavy atom. The first kappa shape index (κ1) is 10.6. The summed E-state index contributed by atoms with van der Waals surface area (Å²) in [6.07, 6.45) is 0. The molecule has 0 saturated heterocycles. The zero-order valence-electron chi connectivity index (χ0n) is 8.97. The van der Waals surface area contributed by atoms with E-state index in [0.717, 1.165) is 16.3 Å². The monoisotopic (exact) mass is 215 g/mol. The SMILES string of the molecule is CC(N)c1ccc(C(=O)O)c2ccccc12. The molecule has 16 heavy (non-hydrogen) atoms. The third-order valence-electron chi connectivity index (χ3n) is 2.68. The molecule has 0 spiro atoms. The number of carboxylic acid groups (broad SMARTS) is 1. The van der Waals surface area contributed by atoms with Gasteiger partial charge in [-0.2, -0.15) is 0 Å². The summed E-state index contributed by atoms with van der Waals surface area (Å²) in [5.41, 5.74) is 7.15. The van der Waals surface area contributed by atoms with Gasteiger partial charge in [-0.25, -0.2) is 4.79 Å². The molecule has 2 rings (SSSR count). The molecule has 2 aromatic rings. The van der Waals surface area contributed by atoms with Gasteiger partial charge in [-0.1, -0.05) is 30.3 Å². The Kier molecular flexibility index (Phi) is 2.62. The molecule has 3 heteroatoms. The van der Waals surface area contributed by atoms with E-state index >= 15 is 0 Å². The number of carboxylic acids is 1. The van der Waals surface area contributed by atoms with Crippen LogP contribution in [0.1, 0.15) is 28.9 Å². The highest BCUT2D eigenvalue weighted by molar-refractivity contribution is 6.04. The normalized spacial score (nSPS) is 12.6. The van der Waals surface area contributed by atoms with E-state index in [0.29, 0.717) is 5.56 Å². The van der Waals surface area contributed by atoms with Crippen LogP contribution in [0.4, 0.5) is 0 Å². The molecule has 3 nitrogen and oxygen atoms in total. The second-order valence-corrected chi connectivity index (χ2v) is 3.84. The Morgan fingerprint density at radius 3 is 2.38 bits per heavy atom. The number of fused-ring (bicyclic) bond motifs is 1. The minimum absolute atomic E-state index is 0.104. The Morgan fingerprint density at radius 1 is 1.19 bits per heavy atom. The predicted molar refractivity (Wildman–Crippen MR) is 63.5 cm³/mol. The highest BCUT2D eigenvalue weighted by atomic mass is 16.4. The number of nitrogens with two attached hydrogens (primary N) is 1. The maximum Gasteiger partial charge on any atom is 0.336 e. The maximum absolute atomic E-state index is 11.1. The van der Waals surface area contributed by atoms with Crippen molar-refractivity contribution in [2.45, 2.75) is 13.0 Å². The van der Waals surface area contributed by atoms with Crippen LogP contribution >= 0.6 is 0 Å². The van der Waals surface area contributed by atoms with Crippen LogP contribution in [0.3, 0.4) is 0 Å². The summed E-state index contributed by atoms with van der Waals surface area (Å²) in [6.45, 7) is 1.89. The van der Waals surface area contributed by atoms with Crippen molar-refractivity contribution in [3.63, 3.8) is 0 Å². The Balaban J connectivity index is 2.82. The van der Waals surface area contributed by atoms with E-state index in [2.05, 4.69) is 0 Å². The fourth-order valence-electron chi connectivity index (χ4n) is 1.91. The first-order valence-electron chi connectivity index (χ1n) is 5.12. The minimum Gasteiger partial charge on any atom is -0.478 e. The molecule has 0 saturated carbocycles. The van der Waals surface area contributed by atoms with Crippen LogP contribution in [0.2, 0.25) is 0 Å². The predicted octanol–water partition coefficient (Wildman–Crippen LogP) is 2.56. The van der Waals surface area contributed by atoms with Crippen molar-refractivity contribution >= 4 is 16.7 Å². The van der Waals surface area contributed by atoms with Crippen LogP contribution in [0.25, 0.3) is 10.8 Å². The van der Waals surface area contributed by atoms with Gasteiger partial charge in [-0.3, -0.25) is 0 Å². The van der Waals surface area contributed by atoms with Gasteiger partial charge in [0.15, 0.2) is 0 Å². The molecule has 0 amide bonds. The number of hydrogen-bond acceptors (Lipinski definition) is 2. The lowest BCUT2D eigenvalue weighted by molar-refractivity contribution is 0.0699.